The first kappa shape index (κ1) is 13.8. The molecule has 0 spiro atoms. The third kappa shape index (κ3) is 2.56. The van der Waals surface area contributed by atoms with Crippen molar-refractivity contribution in [3.05, 3.63) is 61.3 Å². The normalized spacial score (nSPS) is 10.7. The fraction of sp³-hybridized carbons (Fsp3) is 0.133. The molecular weight excluding hydrogens is 306 g/mol. The Morgan fingerprint density at radius 1 is 1.48 bits per heavy atom. The molecule has 0 radical (unpaired) electrons. The summed E-state index contributed by atoms with van der Waals surface area (Å²) in [7, 11) is 0. The van der Waals surface area contributed by atoms with Crippen molar-refractivity contribution in [3.8, 4) is 6.07 Å². The quantitative estimate of drug-likeness (QED) is 0.728. The number of benzene rings is 1. The number of thiazole rings is 1. The average molecular weight is 316 g/mol. The summed E-state index contributed by atoms with van der Waals surface area (Å²) in [6.45, 7) is 2.45. The molecule has 3 rings (SSSR count). The van der Waals surface area contributed by atoms with Gasteiger partial charge in [0, 0.05) is 22.0 Å². The first-order chi connectivity index (χ1) is 10.1. The van der Waals surface area contributed by atoms with Crippen LogP contribution in [0.3, 0.4) is 0 Å². The molecule has 6 heteroatoms. The van der Waals surface area contributed by atoms with Crippen molar-refractivity contribution in [2.24, 2.45) is 0 Å². The van der Waals surface area contributed by atoms with Gasteiger partial charge in [-0.25, -0.2) is 4.98 Å². The van der Waals surface area contributed by atoms with Crippen molar-refractivity contribution in [3.63, 3.8) is 0 Å². The third-order valence-electron chi connectivity index (χ3n) is 3.16. The van der Waals surface area contributed by atoms with E-state index in [0.29, 0.717) is 17.0 Å². The molecular formula is C15H10ClN3OS. The lowest BCUT2D eigenvalue weighted by atomic mass is 10.1. The number of nitriles is 1. The SMILES string of the molecule is Cc1nc(Cn2cc(C#N)c(=O)c3cc(Cl)ccc32)cs1. The summed E-state index contributed by atoms with van der Waals surface area (Å²) in [5.41, 5.74) is 1.47. The molecule has 0 bridgehead atoms. The molecule has 0 saturated carbocycles. The molecule has 0 amide bonds. The van der Waals surface area contributed by atoms with Crippen LogP contribution in [0.2, 0.25) is 5.02 Å². The second-order valence-electron chi connectivity index (χ2n) is 4.63. The fourth-order valence-corrected chi connectivity index (χ4v) is 3.01. The van der Waals surface area contributed by atoms with E-state index in [1.807, 2.05) is 22.9 Å². The Kier molecular flexibility index (Phi) is 3.50. The number of fused-ring (bicyclic) bond motifs is 1. The Morgan fingerprint density at radius 2 is 2.29 bits per heavy atom. The molecule has 0 aliphatic heterocycles. The minimum Gasteiger partial charge on any atom is -0.340 e. The van der Waals surface area contributed by atoms with E-state index >= 15 is 0 Å². The van der Waals surface area contributed by atoms with E-state index in [-0.39, 0.29) is 11.0 Å². The summed E-state index contributed by atoms with van der Waals surface area (Å²) in [6, 6.07) is 7.07. The summed E-state index contributed by atoms with van der Waals surface area (Å²) in [6.07, 6.45) is 1.58. The lowest BCUT2D eigenvalue weighted by molar-refractivity contribution is 0.800. The van der Waals surface area contributed by atoms with Gasteiger partial charge < -0.3 is 4.57 Å². The van der Waals surface area contributed by atoms with Gasteiger partial charge in [-0.1, -0.05) is 11.6 Å². The predicted octanol–water partition coefficient (Wildman–Crippen LogP) is 3.34. The van der Waals surface area contributed by atoms with Crippen LogP contribution < -0.4 is 5.43 Å². The highest BCUT2D eigenvalue weighted by Gasteiger charge is 2.10. The monoisotopic (exact) mass is 315 g/mol. The van der Waals surface area contributed by atoms with Crippen molar-refractivity contribution < 1.29 is 0 Å². The molecule has 3 aromatic rings. The standard InChI is InChI=1S/C15H10ClN3OS/c1-9-18-12(8-21-9)7-19-6-10(5-17)15(20)13-4-11(16)2-3-14(13)19/h2-4,6,8H,7H2,1H3. The second-order valence-corrected chi connectivity index (χ2v) is 6.13. The molecule has 0 aliphatic rings. The van der Waals surface area contributed by atoms with Gasteiger partial charge in [0.2, 0.25) is 5.43 Å². The third-order valence-corrected chi connectivity index (χ3v) is 4.22. The Morgan fingerprint density at radius 3 is 2.95 bits per heavy atom. The summed E-state index contributed by atoms with van der Waals surface area (Å²) in [4.78, 5) is 16.6. The van der Waals surface area contributed by atoms with Gasteiger partial charge in [0.25, 0.3) is 0 Å². The zero-order valence-electron chi connectivity index (χ0n) is 11.1. The number of pyridine rings is 1. The van der Waals surface area contributed by atoms with E-state index in [4.69, 9.17) is 16.9 Å². The maximum atomic E-state index is 12.2. The van der Waals surface area contributed by atoms with Gasteiger partial charge in [0.1, 0.15) is 11.6 Å². The van der Waals surface area contributed by atoms with Gasteiger partial charge in [0.15, 0.2) is 0 Å². The lowest BCUT2D eigenvalue weighted by Crippen LogP contribution is -2.13. The van der Waals surface area contributed by atoms with Gasteiger partial charge in [-0.05, 0) is 25.1 Å². The Balaban J connectivity index is 2.24. The molecule has 0 atom stereocenters. The minimum atomic E-state index is -0.291. The maximum Gasteiger partial charge on any atom is 0.207 e. The summed E-state index contributed by atoms with van der Waals surface area (Å²) in [5, 5.41) is 13.0. The number of halogens is 1. The number of aryl methyl sites for hydroxylation is 1. The smallest absolute Gasteiger partial charge is 0.207 e. The fourth-order valence-electron chi connectivity index (χ4n) is 2.24. The molecule has 4 nitrogen and oxygen atoms in total. The van der Waals surface area contributed by atoms with Crippen LogP contribution in [0.15, 0.2) is 34.6 Å². The van der Waals surface area contributed by atoms with Crippen LogP contribution in [0.5, 0.6) is 0 Å². The molecule has 0 N–H and O–H groups in total. The van der Waals surface area contributed by atoms with Crippen molar-refractivity contribution in [2.45, 2.75) is 13.5 Å². The average Bonchev–Trinajstić information content (AvgIpc) is 2.87. The number of hydrogen-bond acceptors (Lipinski definition) is 4. The summed E-state index contributed by atoms with van der Waals surface area (Å²) in [5.74, 6) is 0. The van der Waals surface area contributed by atoms with E-state index in [0.717, 1.165) is 16.2 Å². The topological polar surface area (TPSA) is 58.7 Å². The van der Waals surface area contributed by atoms with Gasteiger partial charge in [-0.2, -0.15) is 5.26 Å². The van der Waals surface area contributed by atoms with Crippen molar-refractivity contribution in [1.82, 2.24) is 9.55 Å². The largest absolute Gasteiger partial charge is 0.340 e. The van der Waals surface area contributed by atoms with Gasteiger partial charge >= 0.3 is 0 Å². The highest BCUT2D eigenvalue weighted by Crippen LogP contribution is 2.19. The van der Waals surface area contributed by atoms with Crippen LogP contribution in [0.4, 0.5) is 0 Å². The van der Waals surface area contributed by atoms with Gasteiger partial charge in [0.05, 0.1) is 22.8 Å². The van der Waals surface area contributed by atoms with E-state index in [2.05, 4.69) is 4.98 Å². The van der Waals surface area contributed by atoms with Crippen LogP contribution in [-0.2, 0) is 6.54 Å². The number of hydrogen-bond donors (Lipinski definition) is 0. The predicted molar refractivity (Wildman–Crippen MR) is 83.9 cm³/mol. The lowest BCUT2D eigenvalue weighted by Gasteiger charge is -2.10. The number of aromatic nitrogens is 2. The van der Waals surface area contributed by atoms with E-state index in [1.165, 1.54) is 0 Å². The Bertz CT molecular complexity index is 936. The molecule has 0 fully saturated rings. The first-order valence-corrected chi connectivity index (χ1v) is 7.48. The Labute approximate surface area is 129 Å². The van der Waals surface area contributed by atoms with E-state index < -0.39 is 0 Å². The summed E-state index contributed by atoms with van der Waals surface area (Å²) < 4.78 is 1.86. The molecule has 21 heavy (non-hydrogen) atoms. The first-order valence-electron chi connectivity index (χ1n) is 6.22. The van der Waals surface area contributed by atoms with Crippen molar-refractivity contribution in [1.29, 1.82) is 5.26 Å². The number of nitrogens with zero attached hydrogens (tertiary/aromatic N) is 3. The highest BCUT2D eigenvalue weighted by atomic mass is 35.5. The molecule has 0 saturated heterocycles. The van der Waals surface area contributed by atoms with Crippen LogP contribution >= 0.6 is 22.9 Å². The second kappa shape index (κ2) is 5.32. The van der Waals surface area contributed by atoms with E-state index in [9.17, 15) is 4.79 Å². The zero-order chi connectivity index (χ0) is 15.0. The minimum absolute atomic E-state index is 0.108. The Hall–Kier alpha value is -2.16. The van der Waals surface area contributed by atoms with Crippen LogP contribution in [-0.4, -0.2) is 9.55 Å². The molecule has 2 aromatic heterocycles. The maximum absolute atomic E-state index is 12.2. The van der Waals surface area contributed by atoms with Gasteiger partial charge in [-0.15, -0.1) is 11.3 Å². The van der Waals surface area contributed by atoms with Crippen LogP contribution in [0.25, 0.3) is 10.9 Å². The van der Waals surface area contributed by atoms with Crippen LogP contribution in [0, 0.1) is 18.3 Å². The summed E-state index contributed by atoms with van der Waals surface area (Å²) >= 11 is 7.53. The van der Waals surface area contributed by atoms with Gasteiger partial charge in [-0.3, -0.25) is 4.79 Å². The molecule has 104 valence electrons. The van der Waals surface area contributed by atoms with Crippen molar-refractivity contribution >= 4 is 33.8 Å². The van der Waals surface area contributed by atoms with E-state index in [1.54, 1.807) is 35.7 Å². The van der Waals surface area contributed by atoms with Crippen LogP contribution in [0.1, 0.15) is 16.3 Å². The van der Waals surface area contributed by atoms with Crippen molar-refractivity contribution in [2.75, 3.05) is 0 Å². The molecule has 2 heterocycles. The molecule has 1 aromatic carbocycles. The number of rotatable bonds is 2. The highest BCUT2D eigenvalue weighted by molar-refractivity contribution is 7.09. The zero-order valence-corrected chi connectivity index (χ0v) is 12.7. The molecule has 0 aliphatic carbocycles. The molecule has 0 unspecified atom stereocenters.